The number of amides is 1. The molecule has 158 valence electrons. The average Bonchev–Trinajstić information content (AvgIpc) is 2.70. The molecular weight excluding hydrogens is 379 g/mol. The average molecular weight is 413 g/mol. The Labute approximate surface area is 168 Å². The van der Waals surface area contributed by atoms with Gasteiger partial charge in [0.2, 0.25) is 15.9 Å². The van der Waals surface area contributed by atoms with Crippen LogP contribution < -0.4 is 5.32 Å². The van der Waals surface area contributed by atoms with Crippen molar-refractivity contribution in [2.45, 2.75) is 69.6 Å². The lowest BCUT2D eigenvalue weighted by molar-refractivity contribution is -0.126. The maximum atomic E-state index is 13.9. The highest BCUT2D eigenvalue weighted by Gasteiger charge is 2.33. The molecule has 0 radical (unpaired) electrons. The third-order valence-electron chi connectivity index (χ3n) is 5.36. The Morgan fingerprint density at radius 3 is 2.32 bits per heavy atom. The Hall–Kier alpha value is -1.47. The Bertz CT molecular complexity index is 716. The summed E-state index contributed by atoms with van der Waals surface area (Å²) in [6, 6.07) is 5.42. The van der Waals surface area contributed by atoms with Crippen molar-refractivity contribution in [1.82, 2.24) is 9.62 Å². The van der Waals surface area contributed by atoms with Gasteiger partial charge in [0.15, 0.2) is 0 Å². The minimum atomic E-state index is -3.85. The fourth-order valence-electron chi connectivity index (χ4n) is 3.59. The van der Waals surface area contributed by atoms with Gasteiger partial charge in [0.1, 0.15) is 10.7 Å². The third-order valence-corrected chi connectivity index (χ3v) is 7.29. The number of rotatable bonds is 11. The summed E-state index contributed by atoms with van der Waals surface area (Å²) in [5.74, 6) is -0.900. The van der Waals surface area contributed by atoms with Gasteiger partial charge in [-0.2, -0.15) is 4.31 Å². The molecule has 0 saturated carbocycles. The number of carbonyl (C=O) groups excluding carboxylic acids is 1. The summed E-state index contributed by atoms with van der Waals surface area (Å²) in [6.45, 7) is 3.37. The van der Waals surface area contributed by atoms with Gasteiger partial charge in [-0.05, 0) is 31.4 Å². The summed E-state index contributed by atoms with van der Waals surface area (Å²) >= 11 is 0. The highest BCUT2D eigenvalue weighted by Crippen LogP contribution is 2.25. The molecule has 0 aliphatic carbocycles. The predicted molar refractivity (Wildman–Crippen MR) is 109 cm³/mol. The number of nitrogens with one attached hydrogen (secondary N) is 1. The van der Waals surface area contributed by atoms with Gasteiger partial charge in [-0.1, -0.05) is 57.6 Å². The van der Waals surface area contributed by atoms with Crippen LogP contribution in [0.2, 0.25) is 0 Å². The van der Waals surface area contributed by atoms with E-state index in [9.17, 15) is 17.6 Å². The van der Waals surface area contributed by atoms with Gasteiger partial charge < -0.3 is 5.32 Å². The molecule has 28 heavy (non-hydrogen) atoms. The van der Waals surface area contributed by atoms with Crippen molar-refractivity contribution in [2.75, 3.05) is 19.6 Å². The SMILES string of the molecule is CCCCCCCCCNC(=O)C1CCN(S(=O)(=O)c2ccccc2F)CC1. The number of piperidine rings is 1. The highest BCUT2D eigenvalue weighted by atomic mass is 32.2. The van der Waals surface area contributed by atoms with Crippen LogP contribution >= 0.6 is 0 Å². The van der Waals surface area contributed by atoms with Crippen molar-refractivity contribution in [3.8, 4) is 0 Å². The van der Waals surface area contributed by atoms with Crippen molar-refractivity contribution in [2.24, 2.45) is 5.92 Å². The van der Waals surface area contributed by atoms with E-state index < -0.39 is 15.8 Å². The highest BCUT2D eigenvalue weighted by molar-refractivity contribution is 7.89. The molecule has 0 spiro atoms. The number of sulfonamides is 1. The van der Waals surface area contributed by atoms with E-state index in [-0.39, 0.29) is 29.8 Å². The minimum Gasteiger partial charge on any atom is -0.356 e. The van der Waals surface area contributed by atoms with Gasteiger partial charge in [-0.15, -0.1) is 0 Å². The molecule has 0 atom stereocenters. The summed E-state index contributed by atoms with van der Waals surface area (Å²) in [4.78, 5) is 12.0. The first-order chi connectivity index (χ1) is 13.5. The fourth-order valence-corrected chi connectivity index (χ4v) is 5.12. The predicted octanol–water partition coefficient (Wildman–Crippen LogP) is 4.09. The summed E-state index contributed by atoms with van der Waals surface area (Å²) in [6.07, 6.45) is 9.35. The second-order valence-electron chi connectivity index (χ2n) is 7.52. The summed E-state index contributed by atoms with van der Waals surface area (Å²) in [5, 5.41) is 2.98. The molecule has 1 aromatic rings. The third kappa shape index (κ3) is 6.55. The zero-order valence-electron chi connectivity index (χ0n) is 16.8. The van der Waals surface area contributed by atoms with Crippen LogP contribution in [-0.4, -0.2) is 38.3 Å². The first-order valence-electron chi connectivity index (χ1n) is 10.5. The van der Waals surface area contributed by atoms with E-state index in [0.717, 1.165) is 18.9 Å². The maximum absolute atomic E-state index is 13.9. The van der Waals surface area contributed by atoms with E-state index in [1.54, 1.807) is 0 Å². The Balaban J connectivity index is 1.70. The summed E-state index contributed by atoms with van der Waals surface area (Å²) in [7, 11) is -3.85. The number of hydrogen-bond donors (Lipinski definition) is 1. The van der Waals surface area contributed by atoms with E-state index in [1.165, 1.54) is 54.6 Å². The molecule has 1 saturated heterocycles. The van der Waals surface area contributed by atoms with Crippen LogP contribution in [0.4, 0.5) is 4.39 Å². The molecule has 1 aliphatic rings. The van der Waals surface area contributed by atoms with E-state index >= 15 is 0 Å². The number of unbranched alkanes of at least 4 members (excludes halogenated alkanes) is 6. The van der Waals surface area contributed by atoms with Crippen molar-refractivity contribution >= 4 is 15.9 Å². The lowest BCUT2D eigenvalue weighted by Gasteiger charge is -2.30. The molecule has 1 heterocycles. The Kier molecular flexibility index (Phi) is 9.38. The molecule has 1 aliphatic heterocycles. The number of nitrogens with zero attached hydrogens (tertiary/aromatic N) is 1. The molecule has 1 fully saturated rings. The Morgan fingerprint density at radius 2 is 1.68 bits per heavy atom. The number of hydrogen-bond acceptors (Lipinski definition) is 3. The van der Waals surface area contributed by atoms with Crippen LogP contribution in [0.1, 0.15) is 64.7 Å². The van der Waals surface area contributed by atoms with E-state index in [0.29, 0.717) is 19.4 Å². The molecule has 0 unspecified atom stereocenters. The first-order valence-corrected chi connectivity index (χ1v) is 11.9. The van der Waals surface area contributed by atoms with Gasteiger partial charge in [0.25, 0.3) is 0 Å². The van der Waals surface area contributed by atoms with Crippen LogP contribution in [0.25, 0.3) is 0 Å². The zero-order valence-corrected chi connectivity index (χ0v) is 17.6. The molecule has 5 nitrogen and oxygen atoms in total. The minimum absolute atomic E-state index is 0.00826. The van der Waals surface area contributed by atoms with E-state index in [4.69, 9.17) is 0 Å². The summed E-state index contributed by atoms with van der Waals surface area (Å²) in [5.41, 5.74) is 0. The lowest BCUT2D eigenvalue weighted by atomic mass is 9.97. The zero-order chi connectivity index (χ0) is 20.4. The quantitative estimate of drug-likeness (QED) is 0.557. The molecule has 1 aromatic carbocycles. The standard InChI is InChI=1S/C21H33FN2O3S/c1-2-3-4-5-6-7-10-15-23-21(25)18-13-16-24(17-14-18)28(26,27)20-12-9-8-11-19(20)22/h8-9,11-12,18H,2-7,10,13-17H2,1H3,(H,23,25). The normalized spacial score (nSPS) is 16.2. The molecule has 0 bridgehead atoms. The van der Waals surface area contributed by atoms with Gasteiger partial charge >= 0.3 is 0 Å². The van der Waals surface area contributed by atoms with Crippen molar-refractivity contribution in [3.63, 3.8) is 0 Å². The van der Waals surface area contributed by atoms with Gasteiger partial charge in [-0.25, -0.2) is 12.8 Å². The molecular formula is C21H33FN2O3S. The lowest BCUT2D eigenvalue weighted by Crippen LogP contribution is -2.43. The van der Waals surface area contributed by atoms with Crippen LogP contribution in [-0.2, 0) is 14.8 Å². The Morgan fingerprint density at radius 1 is 1.07 bits per heavy atom. The number of benzene rings is 1. The maximum Gasteiger partial charge on any atom is 0.245 e. The molecule has 2 rings (SSSR count). The van der Waals surface area contributed by atoms with Crippen LogP contribution in [0, 0.1) is 11.7 Å². The fraction of sp³-hybridized carbons (Fsp3) is 0.667. The van der Waals surface area contributed by atoms with Crippen LogP contribution in [0.5, 0.6) is 0 Å². The number of carbonyl (C=O) groups is 1. The smallest absolute Gasteiger partial charge is 0.245 e. The van der Waals surface area contributed by atoms with Crippen molar-refractivity contribution in [3.05, 3.63) is 30.1 Å². The molecule has 7 heteroatoms. The first kappa shape index (κ1) is 22.8. The molecule has 1 N–H and O–H groups in total. The largest absolute Gasteiger partial charge is 0.356 e. The van der Waals surface area contributed by atoms with Gasteiger partial charge in [0.05, 0.1) is 0 Å². The second kappa shape index (κ2) is 11.5. The second-order valence-corrected chi connectivity index (χ2v) is 9.43. The molecule has 1 amide bonds. The monoisotopic (exact) mass is 412 g/mol. The van der Waals surface area contributed by atoms with Crippen LogP contribution in [0.3, 0.4) is 0 Å². The summed E-state index contributed by atoms with van der Waals surface area (Å²) < 4.78 is 40.4. The van der Waals surface area contributed by atoms with Gasteiger partial charge in [0, 0.05) is 25.6 Å². The topological polar surface area (TPSA) is 66.5 Å². The number of halogens is 1. The molecule has 0 aromatic heterocycles. The van der Waals surface area contributed by atoms with Crippen LogP contribution in [0.15, 0.2) is 29.2 Å². The van der Waals surface area contributed by atoms with Crippen molar-refractivity contribution < 1.29 is 17.6 Å². The van der Waals surface area contributed by atoms with Gasteiger partial charge in [-0.3, -0.25) is 4.79 Å². The van der Waals surface area contributed by atoms with Crippen molar-refractivity contribution in [1.29, 1.82) is 0 Å². The van der Waals surface area contributed by atoms with E-state index in [2.05, 4.69) is 12.2 Å². The van der Waals surface area contributed by atoms with E-state index in [1.807, 2.05) is 0 Å².